The van der Waals surface area contributed by atoms with Gasteiger partial charge in [0, 0.05) is 4.90 Å². The van der Waals surface area contributed by atoms with Crippen molar-refractivity contribution in [2.75, 3.05) is 13.1 Å². The van der Waals surface area contributed by atoms with E-state index in [4.69, 9.17) is 0 Å². The van der Waals surface area contributed by atoms with Crippen LogP contribution in [-0.4, -0.2) is 40.4 Å². The molecule has 1 heterocycles. The van der Waals surface area contributed by atoms with E-state index in [1.54, 1.807) is 18.2 Å². The van der Waals surface area contributed by atoms with Crippen molar-refractivity contribution in [1.82, 2.24) is 4.90 Å². The molecule has 1 aliphatic heterocycles. The van der Waals surface area contributed by atoms with Crippen molar-refractivity contribution in [3.63, 3.8) is 0 Å². The van der Waals surface area contributed by atoms with E-state index in [1.807, 2.05) is 6.92 Å². The monoisotopic (exact) mass is 301 g/mol. The number of likely N-dealkylation sites (tertiary alicyclic amines) is 1. The molecule has 1 N–H and O–H groups in total. The second-order valence-electron chi connectivity index (χ2n) is 5.01. The first-order valence-electron chi connectivity index (χ1n) is 6.51. The van der Waals surface area contributed by atoms with Gasteiger partial charge in [0.25, 0.3) is 11.7 Å². The van der Waals surface area contributed by atoms with Gasteiger partial charge in [-0.25, -0.2) is 0 Å². The number of rotatable bonds is 5. The quantitative estimate of drug-likeness (QED) is 0.850. The Labute approximate surface area is 121 Å². The van der Waals surface area contributed by atoms with Crippen LogP contribution in [-0.2, 0) is 0 Å². The van der Waals surface area contributed by atoms with E-state index < -0.39 is 11.4 Å². The Hall–Kier alpha value is -1.14. The third-order valence-electron chi connectivity index (χ3n) is 3.31. The minimum absolute atomic E-state index is 0.271. The van der Waals surface area contributed by atoms with Crippen molar-refractivity contribution in [2.24, 2.45) is 0 Å². The highest BCUT2D eigenvalue weighted by atomic mass is 32.2. The number of alkyl halides is 2. The van der Waals surface area contributed by atoms with E-state index in [0.29, 0.717) is 18.2 Å². The molecule has 0 radical (unpaired) electrons. The van der Waals surface area contributed by atoms with Gasteiger partial charge in [0.05, 0.1) is 24.3 Å². The number of hydrogen-bond acceptors (Lipinski definition) is 3. The number of hydrogen-bond donors (Lipinski definition) is 1. The zero-order valence-corrected chi connectivity index (χ0v) is 12.0. The Morgan fingerprint density at radius 1 is 1.45 bits per heavy atom. The lowest BCUT2D eigenvalue weighted by atomic mass is 9.89. The molecular formula is C14H17F2NO2S. The molecule has 0 saturated carbocycles. The molecule has 1 aliphatic rings. The molecule has 0 spiro atoms. The molecule has 1 aromatic carbocycles. The van der Waals surface area contributed by atoms with E-state index in [1.165, 1.54) is 11.0 Å². The SMILES string of the molecule is CCCC1(O)CN(C(=O)c2ccccc2SC(F)F)C1. The number of aliphatic hydroxyl groups is 1. The highest BCUT2D eigenvalue weighted by molar-refractivity contribution is 7.99. The standard InChI is InChI=1S/C14H17F2NO2S/c1-2-7-14(19)8-17(9-14)12(18)10-5-3-4-6-11(10)20-13(15)16/h3-6,13,19H,2,7-9H2,1H3. The maximum absolute atomic E-state index is 12.5. The first-order valence-corrected chi connectivity index (χ1v) is 7.38. The molecule has 1 saturated heterocycles. The van der Waals surface area contributed by atoms with E-state index >= 15 is 0 Å². The maximum Gasteiger partial charge on any atom is 0.288 e. The fourth-order valence-electron chi connectivity index (χ4n) is 2.44. The first-order chi connectivity index (χ1) is 9.45. The molecular weight excluding hydrogens is 284 g/mol. The van der Waals surface area contributed by atoms with Crippen LogP contribution in [0.15, 0.2) is 29.2 Å². The van der Waals surface area contributed by atoms with Gasteiger partial charge in [0.2, 0.25) is 0 Å². The van der Waals surface area contributed by atoms with Gasteiger partial charge in [-0.1, -0.05) is 37.2 Å². The van der Waals surface area contributed by atoms with Crippen molar-refractivity contribution in [3.05, 3.63) is 29.8 Å². The van der Waals surface area contributed by atoms with Gasteiger partial charge in [0.1, 0.15) is 0 Å². The Balaban J connectivity index is 2.08. The van der Waals surface area contributed by atoms with Crippen LogP contribution in [0.1, 0.15) is 30.1 Å². The lowest BCUT2D eigenvalue weighted by molar-refractivity contribution is -0.0861. The van der Waals surface area contributed by atoms with Crippen LogP contribution in [0.3, 0.4) is 0 Å². The van der Waals surface area contributed by atoms with Crippen LogP contribution < -0.4 is 0 Å². The number of benzene rings is 1. The number of thioether (sulfide) groups is 1. The van der Waals surface area contributed by atoms with Gasteiger partial charge in [-0.15, -0.1) is 0 Å². The van der Waals surface area contributed by atoms with Crippen molar-refractivity contribution in [1.29, 1.82) is 0 Å². The summed E-state index contributed by atoms with van der Waals surface area (Å²) < 4.78 is 25.0. The van der Waals surface area contributed by atoms with Crippen molar-refractivity contribution < 1.29 is 18.7 Å². The summed E-state index contributed by atoms with van der Waals surface area (Å²) in [4.78, 5) is 14.1. The van der Waals surface area contributed by atoms with Gasteiger partial charge < -0.3 is 10.0 Å². The summed E-state index contributed by atoms with van der Waals surface area (Å²) in [6.07, 6.45) is 1.49. The minimum atomic E-state index is -2.56. The van der Waals surface area contributed by atoms with Gasteiger partial charge in [-0.3, -0.25) is 4.79 Å². The molecule has 1 fully saturated rings. The Morgan fingerprint density at radius 3 is 2.70 bits per heavy atom. The fraction of sp³-hybridized carbons (Fsp3) is 0.500. The summed E-state index contributed by atoms with van der Waals surface area (Å²) in [6, 6.07) is 6.35. The molecule has 0 aromatic heterocycles. The second kappa shape index (κ2) is 6.10. The van der Waals surface area contributed by atoms with Gasteiger partial charge in [-0.2, -0.15) is 8.78 Å². The highest BCUT2D eigenvalue weighted by Gasteiger charge is 2.43. The van der Waals surface area contributed by atoms with Crippen LogP contribution in [0.5, 0.6) is 0 Å². The molecule has 0 aliphatic carbocycles. The van der Waals surface area contributed by atoms with Gasteiger partial charge >= 0.3 is 0 Å². The average Bonchev–Trinajstić information content (AvgIpc) is 2.35. The fourth-order valence-corrected chi connectivity index (χ4v) is 3.08. The van der Waals surface area contributed by atoms with Gasteiger partial charge in [-0.05, 0) is 18.6 Å². The summed E-state index contributed by atoms with van der Waals surface area (Å²) >= 11 is 0.372. The van der Waals surface area contributed by atoms with Crippen LogP contribution in [0.4, 0.5) is 8.78 Å². The van der Waals surface area contributed by atoms with E-state index in [2.05, 4.69) is 0 Å². The maximum atomic E-state index is 12.5. The molecule has 3 nitrogen and oxygen atoms in total. The molecule has 0 bridgehead atoms. The molecule has 110 valence electrons. The van der Waals surface area contributed by atoms with Crippen molar-refractivity contribution in [3.8, 4) is 0 Å². The van der Waals surface area contributed by atoms with Crippen molar-refractivity contribution in [2.45, 2.75) is 36.0 Å². The zero-order valence-electron chi connectivity index (χ0n) is 11.2. The predicted molar refractivity (Wildman–Crippen MR) is 74.1 cm³/mol. The number of nitrogens with zero attached hydrogens (tertiary/aromatic N) is 1. The Kier molecular flexibility index (Phi) is 4.65. The van der Waals surface area contributed by atoms with E-state index in [-0.39, 0.29) is 29.5 Å². The topological polar surface area (TPSA) is 40.5 Å². The summed E-state index contributed by atoms with van der Waals surface area (Å²) in [5.74, 6) is -2.85. The zero-order chi connectivity index (χ0) is 14.8. The number of β-amino-alcohol motifs (C(OH)–C–C–N with tert-alkyl or cyclic N) is 1. The van der Waals surface area contributed by atoms with Crippen molar-refractivity contribution >= 4 is 17.7 Å². The normalized spacial score (nSPS) is 17.1. The van der Waals surface area contributed by atoms with Crippen LogP contribution in [0, 0.1) is 0 Å². The summed E-state index contributed by atoms with van der Waals surface area (Å²) in [6.45, 7) is 2.51. The Bertz CT molecular complexity index is 490. The predicted octanol–water partition coefficient (Wildman–Crippen LogP) is 2.99. The molecule has 6 heteroatoms. The average molecular weight is 301 g/mol. The Morgan fingerprint density at radius 2 is 2.10 bits per heavy atom. The summed E-state index contributed by atoms with van der Waals surface area (Å²) in [7, 11) is 0. The number of carbonyl (C=O) groups is 1. The molecule has 1 aromatic rings. The van der Waals surface area contributed by atoms with Crippen LogP contribution >= 0.6 is 11.8 Å². The third-order valence-corrected chi connectivity index (χ3v) is 4.09. The minimum Gasteiger partial charge on any atom is -0.386 e. The van der Waals surface area contributed by atoms with Gasteiger partial charge in [0.15, 0.2) is 0 Å². The lowest BCUT2D eigenvalue weighted by Crippen LogP contribution is -2.63. The number of amides is 1. The summed E-state index contributed by atoms with van der Waals surface area (Å²) in [5, 5.41) is 10.1. The molecule has 0 atom stereocenters. The molecule has 0 unspecified atom stereocenters. The first kappa shape index (κ1) is 15.3. The number of halogens is 2. The lowest BCUT2D eigenvalue weighted by Gasteiger charge is -2.46. The summed E-state index contributed by atoms with van der Waals surface area (Å²) in [5.41, 5.74) is -0.536. The van der Waals surface area contributed by atoms with E-state index in [9.17, 15) is 18.7 Å². The van der Waals surface area contributed by atoms with Crippen LogP contribution in [0.2, 0.25) is 0 Å². The largest absolute Gasteiger partial charge is 0.386 e. The number of carbonyl (C=O) groups excluding carboxylic acids is 1. The smallest absolute Gasteiger partial charge is 0.288 e. The molecule has 20 heavy (non-hydrogen) atoms. The van der Waals surface area contributed by atoms with E-state index in [0.717, 1.165) is 6.42 Å². The van der Waals surface area contributed by atoms with Crippen LogP contribution in [0.25, 0.3) is 0 Å². The second-order valence-corrected chi connectivity index (χ2v) is 6.04. The third kappa shape index (κ3) is 3.30. The molecule has 1 amide bonds. The molecule has 2 rings (SSSR count). The highest BCUT2D eigenvalue weighted by Crippen LogP contribution is 2.32.